The second-order valence-electron chi connectivity index (χ2n) is 5.88. The highest BCUT2D eigenvalue weighted by atomic mass is 32.1. The maximum absolute atomic E-state index is 12.6. The molecular weight excluding hydrogens is 310 g/mol. The maximum atomic E-state index is 12.6. The predicted molar refractivity (Wildman–Crippen MR) is 92.2 cm³/mol. The van der Waals surface area contributed by atoms with E-state index in [4.69, 9.17) is 0 Å². The number of rotatable bonds is 3. The number of carbonyl (C=O) groups excluding carboxylic acids is 1. The fourth-order valence-electron chi connectivity index (χ4n) is 2.83. The molecule has 0 bridgehead atoms. The molecule has 122 valence electrons. The average molecular weight is 331 g/mol. The molecule has 3 rings (SSSR count). The summed E-state index contributed by atoms with van der Waals surface area (Å²) in [5, 5.41) is 12.5. The highest BCUT2D eigenvalue weighted by molar-refractivity contribution is 7.09. The van der Waals surface area contributed by atoms with Crippen molar-refractivity contribution in [2.75, 3.05) is 31.1 Å². The summed E-state index contributed by atoms with van der Waals surface area (Å²) in [6.45, 7) is 6.83. The van der Waals surface area contributed by atoms with Crippen LogP contribution in [0.15, 0.2) is 29.6 Å². The van der Waals surface area contributed by atoms with Crippen molar-refractivity contribution < 1.29 is 9.90 Å². The van der Waals surface area contributed by atoms with Crippen LogP contribution in [0.2, 0.25) is 0 Å². The van der Waals surface area contributed by atoms with Crippen LogP contribution in [0.3, 0.4) is 0 Å². The minimum atomic E-state index is -0.180. The minimum Gasteiger partial charge on any atom is -0.508 e. The number of aromatic nitrogens is 1. The lowest BCUT2D eigenvalue weighted by Crippen LogP contribution is -2.49. The minimum absolute atomic E-state index is 0.148. The van der Waals surface area contributed by atoms with Crippen LogP contribution in [0.25, 0.3) is 0 Å². The number of amides is 1. The first-order valence-corrected chi connectivity index (χ1v) is 8.67. The molecule has 1 unspecified atom stereocenters. The fraction of sp³-hybridized carbons (Fsp3) is 0.412. The molecule has 6 heteroatoms. The Kier molecular flexibility index (Phi) is 4.52. The van der Waals surface area contributed by atoms with Crippen LogP contribution in [-0.4, -0.2) is 47.1 Å². The number of carbonyl (C=O) groups is 1. The number of phenols is 1. The lowest BCUT2D eigenvalue weighted by atomic mass is 10.1. The van der Waals surface area contributed by atoms with E-state index in [1.54, 1.807) is 23.5 Å². The molecule has 2 aromatic rings. The largest absolute Gasteiger partial charge is 0.508 e. The monoisotopic (exact) mass is 331 g/mol. The molecule has 1 aromatic heterocycles. The van der Waals surface area contributed by atoms with E-state index < -0.39 is 0 Å². The number of piperazine rings is 1. The maximum Gasteiger partial charge on any atom is 0.232 e. The second kappa shape index (κ2) is 6.58. The quantitative estimate of drug-likeness (QED) is 0.939. The van der Waals surface area contributed by atoms with Crippen LogP contribution in [-0.2, 0) is 4.79 Å². The summed E-state index contributed by atoms with van der Waals surface area (Å²) in [6, 6.07) is 7.26. The Morgan fingerprint density at radius 2 is 2.04 bits per heavy atom. The zero-order chi connectivity index (χ0) is 16.4. The Balaban J connectivity index is 1.61. The average Bonchev–Trinajstić information content (AvgIpc) is 3.00. The van der Waals surface area contributed by atoms with Gasteiger partial charge in [0, 0.05) is 49.0 Å². The number of thiazole rings is 1. The van der Waals surface area contributed by atoms with E-state index in [1.165, 1.54) is 0 Å². The first-order chi connectivity index (χ1) is 11.0. The van der Waals surface area contributed by atoms with Crippen molar-refractivity contribution in [3.8, 4) is 5.75 Å². The summed E-state index contributed by atoms with van der Waals surface area (Å²) in [4.78, 5) is 21.2. The summed E-state index contributed by atoms with van der Waals surface area (Å²) in [7, 11) is 0. The number of anilines is 1. The summed E-state index contributed by atoms with van der Waals surface area (Å²) in [5.74, 6) is 0.240. The van der Waals surface area contributed by atoms with E-state index in [0.717, 1.165) is 29.5 Å². The van der Waals surface area contributed by atoms with Crippen molar-refractivity contribution in [1.29, 1.82) is 0 Å². The number of hydrogen-bond donors (Lipinski definition) is 1. The number of phenolic OH excluding ortho intramolecular Hbond substituents is 1. The molecule has 1 aliphatic rings. The van der Waals surface area contributed by atoms with Gasteiger partial charge in [-0.05, 0) is 26.0 Å². The standard InChI is InChI=1S/C17H21N3O2S/c1-12-11-23-16(18-12)13(2)17(22)20-8-6-19(7-9-20)14-4-3-5-15(21)10-14/h3-5,10-11,13,21H,6-9H2,1-2H3. The Bertz CT molecular complexity index is 693. The van der Waals surface area contributed by atoms with Gasteiger partial charge in [-0.1, -0.05) is 6.07 Å². The molecule has 0 spiro atoms. The van der Waals surface area contributed by atoms with Gasteiger partial charge in [-0.2, -0.15) is 0 Å². The Morgan fingerprint density at radius 3 is 2.65 bits per heavy atom. The molecule has 23 heavy (non-hydrogen) atoms. The van der Waals surface area contributed by atoms with Crippen LogP contribution in [0.5, 0.6) is 5.75 Å². The van der Waals surface area contributed by atoms with Gasteiger partial charge in [0.05, 0.1) is 5.92 Å². The molecule has 1 amide bonds. The second-order valence-corrected chi connectivity index (χ2v) is 6.77. The number of aromatic hydroxyl groups is 1. The predicted octanol–water partition coefficient (Wildman–Crippen LogP) is 2.61. The van der Waals surface area contributed by atoms with Gasteiger partial charge in [-0.25, -0.2) is 4.98 Å². The Labute approximate surface area is 140 Å². The molecule has 5 nitrogen and oxygen atoms in total. The first-order valence-electron chi connectivity index (χ1n) is 7.79. The van der Waals surface area contributed by atoms with Crippen LogP contribution in [0.4, 0.5) is 5.69 Å². The van der Waals surface area contributed by atoms with Gasteiger partial charge < -0.3 is 14.9 Å². The normalized spacial score (nSPS) is 16.4. The molecule has 0 aliphatic carbocycles. The summed E-state index contributed by atoms with van der Waals surface area (Å²) >= 11 is 1.55. The number of benzene rings is 1. The van der Waals surface area contributed by atoms with Crippen LogP contribution < -0.4 is 4.90 Å². The lowest BCUT2D eigenvalue weighted by Gasteiger charge is -2.37. The van der Waals surface area contributed by atoms with Crippen LogP contribution in [0, 0.1) is 6.92 Å². The fourth-order valence-corrected chi connectivity index (χ4v) is 3.67. The van der Waals surface area contributed by atoms with Crippen LogP contribution in [0.1, 0.15) is 23.5 Å². The van der Waals surface area contributed by atoms with Crippen molar-refractivity contribution in [2.24, 2.45) is 0 Å². The molecule has 1 aromatic carbocycles. The van der Waals surface area contributed by atoms with Crippen molar-refractivity contribution >= 4 is 22.9 Å². The van der Waals surface area contributed by atoms with Gasteiger partial charge >= 0.3 is 0 Å². The third-order valence-electron chi connectivity index (χ3n) is 4.16. The van der Waals surface area contributed by atoms with E-state index in [2.05, 4.69) is 9.88 Å². The van der Waals surface area contributed by atoms with Gasteiger partial charge in [0.1, 0.15) is 10.8 Å². The number of hydrogen-bond acceptors (Lipinski definition) is 5. The van der Waals surface area contributed by atoms with E-state index in [9.17, 15) is 9.90 Å². The molecule has 1 N–H and O–H groups in total. The summed E-state index contributed by atoms with van der Waals surface area (Å²) < 4.78 is 0. The highest BCUT2D eigenvalue weighted by Crippen LogP contribution is 2.24. The van der Waals surface area contributed by atoms with Crippen LogP contribution >= 0.6 is 11.3 Å². The third kappa shape index (κ3) is 3.47. The molecule has 1 atom stereocenters. The topological polar surface area (TPSA) is 56.7 Å². The zero-order valence-electron chi connectivity index (χ0n) is 13.4. The summed E-state index contributed by atoms with van der Waals surface area (Å²) in [6.07, 6.45) is 0. The molecule has 2 heterocycles. The van der Waals surface area contributed by atoms with Gasteiger partial charge in [0.2, 0.25) is 5.91 Å². The SMILES string of the molecule is Cc1csc(C(C)C(=O)N2CCN(c3cccc(O)c3)CC2)n1. The third-order valence-corrected chi connectivity index (χ3v) is 5.31. The first kappa shape index (κ1) is 15.8. The lowest BCUT2D eigenvalue weighted by molar-refractivity contribution is -0.132. The molecule has 0 saturated carbocycles. The molecule has 1 aliphatic heterocycles. The summed E-state index contributed by atoms with van der Waals surface area (Å²) in [5.41, 5.74) is 1.97. The number of nitrogens with zero attached hydrogens (tertiary/aromatic N) is 3. The Hall–Kier alpha value is -2.08. The smallest absolute Gasteiger partial charge is 0.232 e. The molecular formula is C17H21N3O2S. The van der Waals surface area contributed by atoms with Crippen molar-refractivity contribution in [3.05, 3.63) is 40.3 Å². The van der Waals surface area contributed by atoms with Crippen molar-refractivity contribution in [3.63, 3.8) is 0 Å². The molecule has 1 fully saturated rings. The van der Waals surface area contributed by atoms with E-state index in [0.29, 0.717) is 13.1 Å². The number of aryl methyl sites for hydroxylation is 1. The molecule has 1 saturated heterocycles. The van der Waals surface area contributed by atoms with Gasteiger partial charge in [-0.3, -0.25) is 4.79 Å². The van der Waals surface area contributed by atoms with Gasteiger partial charge in [0.15, 0.2) is 0 Å². The zero-order valence-corrected chi connectivity index (χ0v) is 14.2. The van der Waals surface area contributed by atoms with E-state index in [-0.39, 0.29) is 17.6 Å². The van der Waals surface area contributed by atoms with Crippen molar-refractivity contribution in [1.82, 2.24) is 9.88 Å². The van der Waals surface area contributed by atoms with Crippen molar-refractivity contribution in [2.45, 2.75) is 19.8 Å². The van der Waals surface area contributed by atoms with E-state index >= 15 is 0 Å². The van der Waals surface area contributed by atoms with Gasteiger partial charge in [0.25, 0.3) is 0 Å². The molecule has 0 radical (unpaired) electrons. The highest BCUT2D eigenvalue weighted by Gasteiger charge is 2.27. The van der Waals surface area contributed by atoms with E-state index in [1.807, 2.05) is 36.3 Å². The van der Waals surface area contributed by atoms with Gasteiger partial charge in [-0.15, -0.1) is 11.3 Å². The Morgan fingerprint density at radius 1 is 1.30 bits per heavy atom.